The Hall–Kier alpha value is -1.54. The molecule has 18 heavy (non-hydrogen) atoms. The predicted octanol–water partition coefficient (Wildman–Crippen LogP) is -0.718. The standard InChI is InChI=1S/C10H21N3O5/c1-9(2,3)6(18-8(13)15)10(16,4-11)5-17-7(12)14/h6,16H,4-5,11H2,1-3H3,(H2,12,14)(H2,13,15). The van der Waals surface area contributed by atoms with Gasteiger partial charge in [-0.05, 0) is 0 Å². The molecule has 2 unspecified atom stereocenters. The molecule has 0 heterocycles. The van der Waals surface area contributed by atoms with Crippen molar-refractivity contribution in [1.29, 1.82) is 0 Å². The quantitative estimate of drug-likeness (QED) is 0.514. The Morgan fingerprint density at radius 2 is 1.72 bits per heavy atom. The number of primary amides is 2. The van der Waals surface area contributed by atoms with Gasteiger partial charge in [0.25, 0.3) is 0 Å². The van der Waals surface area contributed by atoms with E-state index >= 15 is 0 Å². The van der Waals surface area contributed by atoms with Crippen molar-refractivity contribution < 1.29 is 24.2 Å². The minimum Gasteiger partial charge on any atom is -0.446 e. The molecule has 8 heteroatoms. The van der Waals surface area contributed by atoms with E-state index < -0.39 is 35.9 Å². The maximum atomic E-state index is 10.9. The molecule has 2 amide bonds. The number of hydrogen-bond donors (Lipinski definition) is 4. The van der Waals surface area contributed by atoms with Gasteiger partial charge < -0.3 is 31.8 Å². The van der Waals surface area contributed by atoms with Crippen LogP contribution in [0.1, 0.15) is 20.8 Å². The molecule has 0 bridgehead atoms. The van der Waals surface area contributed by atoms with Crippen LogP contribution in [0.25, 0.3) is 0 Å². The van der Waals surface area contributed by atoms with Crippen LogP contribution in [0.2, 0.25) is 0 Å². The molecule has 0 aliphatic carbocycles. The van der Waals surface area contributed by atoms with Crippen LogP contribution in [-0.4, -0.2) is 42.1 Å². The highest BCUT2D eigenvalue weighted by Crippen LogP contribution is 2.31. The van der Waals surface area contributed by atoms with E-state index in [0.29, 0.717) is 0 Å². The van der Waals surface area contributed by atoms with Crippen LogP contribution < -0.4 is 17.2 Å². The lowest BCUT2D eigenvalue weighted by Crippen LogP contribution is -2.59. The summed E-state index contributed by atoms with van der Waals surface area (Å²) in [4.78, 5) is 21.4. The number of carbonyl (C=O) groups is 2. The predicted molar refractivity (Wildman–Crippen MR) is 63.5 cm³/mol. The first-order chi connectivity index (χ1) is 8.03. The van der Waals surface area contributed by atoms with Gasteiger partial charge in [-0.3, -0.25) is 0 Å². The highest BCUT2D eigenvalue weighted by molar-refractivity contribution is 5.65. The normalized spacial score (nSPS) is 16.5. The Labute approximate surface area is 105 Å². The maximum absolute atomic E-state index is 10.9. The van der Waals surface area contributed by atoms with Crippen molar-refractivity contribution in [3.05, 3.63) is 0 Å². The molecule has 0 fully saturated rings. The van der Waals surface area contributed by atoms with E-state index in [2.05, 4.69) is 4.74 Å². The summed E-state index contributed by atoms with van der Waals surface area (Å²) in [6, 6.07) is 0. The lowest BCUT2D eigenvalue weighted by atomic mass is 9.78. The number of nitrogens with two attached hydrogens (primary N) is 3. The first-order valence-electron chi connectivity index (χ1n) is 5.33. The number of amides is 2. The van der Waals surface area contributed by atoms with E-state index in [-0.39, 0.29) is 6.54 Å². The zero-order chi connectivity index (χ0) is 14.6. The van der Waals surface area contributed by atoms with Gasteiger partial charge in [0.15, 0.2) is 0 Å². The number of aliphatic hydroxyl groups is 1. The van der Waals surface area contributed by atoms with Crippen LogP contribution in [-0.2, 0) is 9.47 Å². The molecule has 0 aromatic heterocycles. The average Bonchev–Trinajstić information content (AvgIpc) is 2.21. The van der Waals surface area contributed by atoms with Gasteiger partial charge in [0.05, 0.1) is 0 Å². The molecule has 0 aliphatic rings. The molecule has 0 spiro atoms. The van der Waals surface area contributed by atoms with Gasteiger partial charge >= 0.3 is 12.2 Å². The van der Waals surface area contributed by atoms with Gasteiger partial charge in [0.2, 0.25) is 0 Å². The first kappa shape index (κ1) is 16.5. The molecule has 0 aromatic rings. The summed E-state index contributed by atoms with van der Waals surface area (Å²) < 4.78 is 9.41. The lowest BCUT2D eigenvalue weighted by molar-refractivity contribution is -0.137. The van der Waals surface area contributed by atoms with Gasteiger partial charge in [-0.2, -0.15) is 0 Å². The summed E-state index contributed by atoms with van der Waals surface area (Å²) in [6.07, 6.45) is -3.17. The third kappa shape index (κ3) is 4.76. The SMILES string of the molecule is CC(C)(C)C(OC(N)=O)C(O)(CN)COC(N)=O. The van der Waals surface area contributed by atoms with E-state index in [1.54, 1.807) is 20.8 Å². The fourth-order valence-electron chi connectivity index (χ4n) is 1.65. The smallest absolute Gasteiger partial charge is 0.404 e. The van der Waals surface area contributed by atoms with Gasteiger partial charge in [-0.1, -0.05) is 20.8 Å². The molecule has 7 N–H and O–H groups in total. The highest BCUT2D eigenvalue weighted by Gasteiger charge is 2.46. The Morgan fingerprint density at radius 3 is 2.00 bits per heavy atom. The van der Waals surface area contributed by atoms with E-state index in [1.807, 2.05) is 0 Å². The number of carbonyl (C=O) groups excluding carboxylic acids is 2. The van der Waals surface area contributed by atoms with Crippen LogP contribution in [0.4, 0.5) is 9.59 Å². The van der Waals surface area contributed by atoms with E-state index in [4.69, 9.17) is 21.9 Å². The molecule has 106 valence electrons. The molecular formula is C10H21N3O5. The second-order valence-corrected chi connectivity index (χ2v) is 5.10. The molecule has 0 radical (unpaired) electrons. The Morgan fingerprint density at radius 1 is 1.22 bits per heavy atom. The van der Waals surface area contributed by atoms with E-state index in [1.165, 1.54) is 0 Å². The van der Waals surface area contributed by atoms with Crippen molar-refractivity contribution in [2.24, 2.45) is 22.6 Å². The molecular weight excluding hydrogens is 242 g/mol. The van der Waals surface area contributed by atoms with Crippen molar-refractivity contribution in [2.75, 3.05) is 13.2 Å². The second kappa shape index (κ2) is 5.87. The highest BCUT2D eigenvalue weighted by atomic mass is 16.6. The number of rotatable bonds is 5. The van der Waals surface area contributed by atoms with Gasteiger partial charge in [-0.25, -0.2) is 9.59 Å². The Balaban J connectivity index is 5.11. The molecule has 0 saturated carbocycles. The van der Waals surface area contributed by atoms with Crippen LogP contribution in [0, 0.1) is 5.41 Å². The first-order valence-corrected chi connectivity index (χ1v) is 5.33. The Kier molecular flexibility index (Phi) is 5.37. The molecule has 0 aliphatic heterocycles. The average molecular weight is 263 g/mol. The van der Waals surface area contributed by atoms with Crippen molar-refractivity contribution in [3.8, 4) is 0 Å². The maximum Gasteiger partial charge on any atom is 0.404 e. The molecule has 8 nitrogen and oxygen atoms in total. The molecule has 0 aromatic carbocycles. The fourth-order valence-corrected chi connectivity index (χ4v) is 1.65. The minimum absolute atomic E-state index is 0.296. The lowest BCUT2D eigenvalue weighted by Gasteiger charge is -2.40. The number of hydrogen-bond acceptors (Lipinski definition) is 6. The zero-order valence-corrected chi connectivity index (χ0v) is 10.8. The van der Waals surface area contributed by atoms with Crippen LogP contribution >= 0.6 is 0 Å². The fraction of sp³-hybridized carbons (Fsp3) is 0.800. The summed E-state index contributed by atoms with van der Waals surface area (Å²) in [5.41, 5.74) is 12.8. The summed E-state index contributed by atoms with van der Waals surface area (Å²) in [7, 11) is 0. The molecule has 0 rings (SSSR count). The van der Waals surface area contributed by atoms with Crippen molar-refractivity contribution in [1.82, 2.24) is 0 Å². The van der Waals surface area contributed by atoms with Gasteiger partial charge in [0.1, 0.15) is 18.3 Å². The third-order valence-corrected chi connectivity index (χ3v) is 2.33. The number of ether oxygens (including phenoxy) is 2. The van der Waals surface area contributed by atoms with Crippen LogP contribution in [0.15, 0.2) is 0 Å². The summed E-state index contributed by atoms with van der Waals surface area (Å²) in [5, 5.41) is 10.3. The third-order valence-electron chi connectivity index (χ3n) is 2.33. The van der Waals surface area contributed by atoms with E-state index in [9.17, 15) is 14.7 Å². The largest absolute Gasteiger partial charge is 0.446 e. The van der Waals surface area contributed by atoms with Crippen molar-refractivity contribution in [2.45, 2.75) is 32.5 Å². The molecule has 2 atom stereocenters. The zero-order valence-electron chi connectivity index (χ0n) is 10.8. The van der Waals surface area contributed by atoms with Gasteiger partial charge in [0, 0.05) is 12.0 Å². The van der Waals surface area contributed by atoms with E-state index in [0.717, 1.165) is 0 Å². The van der Waals surface area contributed by atoms with Crippen molar-refractivity contribution in [3.63, 3.8) is 0 Å². The Bertz CT molecular complexity index is 315. The van der Waals surface area contributed by atoms with Gasteiger partial charge in [-0.15, -0.1) is 0 Å². The topological polar surface area (TPSA) is 151 Å². The summed E-state index contributed by atoms with van der Waals surface area (Å²) in [5.74, 6) is 0. The second-order valence-electron chi connectivity index (χ2n) is 5.10. The van der Waals surface area contributed by atoms with Crippen LogP contribution in [0.3, 0.4) is 0 Å². The minimum atomic E-state index is -1.76. The monoisotopic (exact) mass is 263 g/mol. The summed E-state index contributed by atoms with van der Waals surface area (Å²) in [6.45, 7) is 4.35. The molecule has 0 saturated heterocycles. The van der Waals surface area contributed by atoms with Crippen molar-refractivity contribution >= 4 is 12.2 Å². The summed E-state index contributed by atoms with van der Waals surface area (Å²) >= 11 is 0. The van der Waals surface area contributed by atoms with Crippen LogP contribution in [0.5, 0.6) is 0 Å².